The van der Waals surface area contributed by atoms with Crippen LogP contribution in [-0.4, -0.2) is 22.8 Å². The second-order valence-electron chi connectivity index (χ2n) is 6.68. The fourth-order valence-electron chi connectivity index (χ4n) is 3.57. The van der Waals surface area contributed by atoms with Crippen molar-refractivity contribution in [3.63, 3.8) is 0 Å². The van der Waals surface area contributed by atoms with Crippen molar-refractivity contribution in [2.45, 2.75) is 31.2 Å². The first-order valence-corrected chi connectivity index (χ1v) is 9.26. The maximum absolute atomic E-state index is 13.7. The van der Waals surface area contributed by atoms with Gasteiger partial charge in [0.15, 0.2) is 0 Å². The number of likely N-dealkylation sites (N-methyl/N-ethyl adjacent to an activating group) is 1. The van der Waals surface area contributed by atoms with Crippen LogP contribution in [0.3, 0.4) is 0 Å². The number of benzene rings is 2. The SMILES string of the molecule is CN(Cc1nc2ccccc2s1)C(=O)C1(c2cccc(F)c2)CCC1. The molecule has 0 radical (unpaired) electrons. The molecule has 1 amide bonds. The molecule has 0 spiro atoms. The fourth-order valence-corrected chi connectivity index (χ4v) is 4.59. The van der Waals surface area contributed by atoms with Crippen LogP contribution in [0.4, 0.5) is 4.39 Å². The van der Waals surface area contributed by atoms with Gasteiger partial charge in [0.2, 0.25) is 5.91 Å². The molecule has 0 atom stereocenters. The lowest BCUT2D eigenvalue weighted by atomic mass is 9.63. The van der Waals surface area contributed by atoms with Gasteiger partial charge in [-0.05, 0) is 42.7 Å². The lowest BCUT2D eigenvalue weighted by molar-refractivity contribution is -0.140. The zero-order chi connectivity index (χ0) is 17.4. The van der Waals surface area contributed by atoms with Gasteiger partial charge in [-0.3, -0.25) is 4.79 Å². The van der Waals surface area contributed by atoms with Crippen molar-refractivity contribution in [3.8, 4) is 0 Å². The van der Waals surface area contributed by atoms with Crippen molar-refractivity contribution in [3.05, 3.63) is 64.9 Å². The van der Waals surface area contributed by atoms with Crippen LogP contribution < -0.4 is 0 Å². The van der Waals surface area contributed by atoms with Crippen LogP contribution in [0.5, 0.6) is 0 Å². The molecular formula is C20H19FN2OS. The van der Waals surface area contributed by atoms with E-state index in [0.29, 0.717) is 6.54 Å². The largest absolute Gasteiger partial charge is 0.338 e. The Hall–Kier alpha value is -2.27. The second-order valence-corrected chi connectivity index (χ2v) is 7.80. The van der Waals surface area contributed by atoms with E-state index in [9.17, 15) is 9.18 Å². The average Bonchev–Trinajstić information content (AvgIpc) is 2.96. The predicted octanol–water partition coefficient (Wildman–Crippen LogP) is 4.52. The van der Waals surface area contributed by atoms with E-state index in [-0.39, 0.29) is 11.7 Å². The molecule has 0 bridgehead atoms. The molecule has 128 valence electrons. The Kier molecular flexibility index (Phi) is 4.04. The summed E-state index contributed by atoms with van der Waals surface area (Å²) in [6.45, 7) is 0.481. The smallest absolute Gasteiger partial charge is 0.233 e. The number of nitrogens with zero attached hydrogens (tertiary/aromatic N) is 2. The normalized spacial score (nSPS) is 15.8. The van der Waals surface area contributed by atoms with Crippen LogP contribution in [0, 0.1) is 5.82 Å². The predicted molar refractivity (Wildman–Crippen MR) is 98.0 cm³/mol. The van der Waals surface area contributed by atoms with Crippen LogP contribution in [0.1, 0.15) is 29.8 Å². The van der Waals surface area contributed by atoms with Crippen molar-refractivity contribution < 1.29 is 9.18 Å². The zero-order valence-electron chi connectivity index (χ0n) is 14.0. The average molecular weight is 354 g/mol. The van der Waals surface area contributed by atoms with Crippen LogP contribution in [0.2, 0.25) is 0 Å². The Morgan fingerprint density at radius 3 is 2.72 bits per heavy atom. The number of aromatic nitrogens is 1. The van der Waals surface area contributed by atoms with Gasteiger partial charge in [-0.1, -0.05) is 30.7 Å². The third-order valence-electron chi connectivity index (χ3n) is 5.05. The zero-order valence-corrected chi connectivity index (χ0v) is 14.9. The maximum atomic E-state index is 13.7. The number of carbonyl (C=O) groups excluding carboxylic acids is 1. The molecule has 25 heavy (non-hydrogen) atoms. The summed E-state index contributed by atoms with van der Waals surface area (Å²) in [7, 11) is 1.81. The summed E-state index contributed by atoms with van der Waals surface area (Å²) in [6, 6.07) is 14.5. The minimum Gasteiger partial charge on any atom is -0.338 e. The summed E-state index contributed by atoms with van der Waals surface area (Å²) in [5.41, 5.74) is 1.18. The lowest BCUT2D eigenvalue weighted by Crippen LogP contribution is -2.49. The van der Waals surface area contributed by atoms with Crippen molar-refractivity contribution in [1.29, 1.82) is 0 Å². The molecule has 0 unspecified atom stereocenters. The summed E-state index contributed by atoms with van der Waals surface area (Å²) < 4.78 is 14.8. The highest BCUT2D eigenvalue weighted by Gasteiger charge is 2.47. The van der Waals surface area contributed by atoms with Gasteiger partial charge in [0.05, 0.1) is 22.2 Å². The van der Waals surface area contributed by atoms with Crippen molar-refractivity contribution in [2.75, 3.05) is 7.05 Å². The molecule has 1 aliphatic rings. The molecule has 3 aromatic rings. The molecule has 1 saturated carbocycles. The topological polar surface area (TPSA) is 33.2 Å². The second kappa shape index (κ2) is 6.23. The molecule has 0 saturated heterocycles. The molecule has 2 aromatic carbocycles. The van der Waals surface area contributed by atoms with E-state index in [1.165, 1.54) is 12.1 Å². The van der Waals surface area contributed by atoms with E-state index in [2.05, 4.69) is 4.98 Å². The lowest BCUT2D eigenvalue weighted by Gasteiger charge is -2.43. The van der Waals surface area contributed by atoms with E-state index >= 15 is 0 Å². The Bertz CT molecular complexity index is 899. The summed E-state index contributed by atoms with van der Waals surface area (Å²) >= 11 is 1.61. The Balaban J connectivity index is 1.58. The third kappa shape index (κ3) is 2.82. The van der Waals surface area contributed by atoms with Gasteiger partial charge in [-0.2, -0.15) is 0 Å². The van der Waals surface area contributed by atoms with Crippen molar-refractivity contribution in [2.24, 2.45) is 0 Å². The van der Waals surface area contributed by atoms with Crippen LogP contribution in [-0.2, 0) is 16.8 Å². The van der Waals surface area contributed by atoms with Gasteiger partial charge >= 0.3 is 0 Å². The Morgan fingerprint density at radius 1 is 1.24 bits per heavy atom. The third-order valence-corrected chi connectivity index (χ3v) is 6.07. The summed E-state index contributed by atoms with van der Waals surface area (Å²) in [4.78, 5) is 19.5. The molecule has 1 heterocycles. The van der Waals surface area contributed by atoms with Gasteiger partial charge in [0, 0.05) is 7.05 Å². The molecule has 1 aromatic heterocycles. The number of hydrogen-bond acceptors (Lipinski definition) is 3. The number of carbonyl (C=O) groups is 1. The molecule has 0 N–H and O–H groups in total. The molecule has 1 aliphatic carbocycles. The highest BCUT2D eigenvalue weighted by atomic mass is 32.1. The first-order chi connectivity index (χ1) is 12.1. The Morgan fingerprint density at radius 2 is 2.04 bits per heavy atom. The van der Waals surface area contributed by atoms with Gasteiger partial charge in [-0.25, -0.2) is 9.37 Å². The summed E-state index contributed by atoms with van der Waals surface area (Å²) in [6.07, 6.45) is 2.55. The van der Waals surface area contributed by atoms with Crippen molar-refractivity contribution in [1.82, 2.24) is 9.88 Å². The van der Waals surface area contributed by atoms with Gasteiger partial charge in [0.25, 0.3) is 0 Å². The first kappa shape index (κ1) is 16.2. The number of hydrogen-bond donors (Lipinski definition) is 0. The quantitative estimate of drug-likeness (QED) is 0.690. The maximum Gasteiger partial charge on any atom is 0.233 e. The molecule has 4 rings (SSSR count). The number of para-hydroxylation sites is 1. The standard InChI is InChI=1S/C20H19FN2OS/c1-23(13-18-22-16-8-2-3-9-17(16)25-18)19(24)20(10-5-11-20)14-6-4-7-15(21)12-14/h2-4,6-9,12H,5,10-11,13H2,1H3. The first-order valence-electron chi connectivity index (χ1n) is 8.44. The van der Waals surface area contributed by atoms with Gasteiger partial charge in [0.1, 0.15) is 10.8 Å². The molecular weight excluding hydrogens is 335 g/mol. The van der Waals surface area contributed by atoms with Crippen molar-refractivity contribution >= 4 is 27.5 Å². The van der Waals surface area contributed by atoms with Crippen LogP contribution in [0.25, 0.3) is 10.2 Å². The summed E-state index contributed by atoms with van der Waals surface area (Å²) in [5.74, 6) is -0.228. The van der Waals surface area contributed by atoms with Crippen LogP contribution >= 0.6 is 11.3 Å². The minimum atomic E-state index is -0.576. The molecule has 1 fully saturated rings. The number of thiazole rings is 1. The number of amides is 1. The minimum absolute atomic E-state index is 0.0589. The van der Waals surface area contributed by atoms with E-state index in [1.807, 2.05) is 37.4 Å². The molecule has 5 heteroatoms. The van der Waals surface area contributed by atoms with Gasteiger partial charge < -0.3 is 4.90 Å². The van der Waals surface area contributed by atoms with E-state index in [1.54, 1.807) is 22.3 Å². The number of fused-ring (bicyclic) bond motifs is 1. The Labute approximate surface area is 150 Å². The molecule has 3 nitrogen and oxygen atoms in total. The number of halogens is 1. The van der Waals surface area contributed by atoms with E-state index in [0.717, 1.165) is 40.1 Å². The van der Waals surface area contributed by atoms with E-state index in [4.69, 9.17) is 0 Å². The van der Waals surface area contributed by atoms with E-state index < -0.39 is 5.41 Å². The van der Waals surface area contributed by atoms with Gasteiger partial charge in [-0.15, -0.1) is 11.3 Å². The molecule has 0 aliphatic heterocycles. The van der Waals surface area contributed by atoms with Crippen LogP contribution in [0.15, 0.2) is 48.5 Å². The highest BCUT2D eigenvalue weighted by Crippen LogP contribution is 2.45. The fraction of sp³-hybridized carbons (Fsp3) is 0.300. The summed E-state index contributed by atoms with van der Waals surface area (Å²) in [5, 5.41) is 0.922. The monoisotopic (exact) mass is 354 g/mol. The number of rotatable bonds is 4. The highest BCUT2D eigenvalue weighted by molar-refractivity contribution is 7.18.